The highest BCUT2D eigenvalue weighted by Gasteiger charge is 2.23. The molecule has 1 fully saturated rings. The van der Waals surface area contributed by atoms with Crippen LogP contribution in [-0.4, -0.2) is 58.4 Å². The summed E-state index contributed by atoms with van der Waals surface area (Å²) in [7, 11) is 0. The molecule has 1 aromatic carbocycles. The summed E-state index contributed by atoms with van der Waals surface area (Å²) in [6, 6.07) is 6.87. The summed E-state index contributed by atoms with van der Waals surface area (Å²) >= 11 is 12.4. The molecule has 0 atom stereocenters. The number of rotatable bonds is 5. The van der Waals surface area contributed by atoms with Crippen LogP contribution in [0.15, 0.2) is 35.3 Å². The van der Waals surface area contributed by atoms with Gasteiger partial charge in [-0.2, -0.15) is 0 Å². The fourth-order valence-corrected chi connectivity index (χ4v) is 3.77. The van der Waals surface area contributed by atoms with Crippen LogP contribution in [0.1, 0.15) is 18.1 Å². The Hall–Kier alpha value is -2.22. The predicted octanol–water partition coefficient (Wildman–Crippen LogP) is 3.18. The quantitative estimate of drug-likeness (QED) is 0.773. The molecular formula is C20H23Cl2N3O4. The number of hydrogen-bond acceptors (Lipinski definition) is 5. The van der Waals surface area contributed by atoms with Crippen molar-refractivity contribution < 1.29 is 14.6 Å². The summed E-state index contributed by atoms with van der Waals surface area (Å²) in [4.78, 5) is 28.1. The second-order valence-corrected chi connectivity index (χ2v) is 7.60. The van der Waals surface area contributed by atoms with E-state index >= 15 is 0 Å². The van der Waals surface area contributed by atoms with E-state index in [0.717, 1.165) is 0 Å². The number of ether oxygens (including phenoxy) is 1. The third kappa shape index (κ3) is 5.04. The number of carbonyl (C=O) groups is 1. The van der Waals surface area contributed by atoms with Crippen molar-refractivity contribution in [2.45, 2.75) is 20.0 Å². The molecule has 2 aromatic rings. The molecule has 0 bridgehead atoms. The Kier molecular flexibility index (Phi) is 7.05. The van der Waals surface area contributed by atoms with Gasteiger partial charge in [0.15, 0.2) is 5.75 Å². The molecule has 156 valence electrons. The molecule has 7 nitrogen and oxygen atoms in total. The number of aromatic hydroxyl groups is 1. The van der Waals surface area contributed by atoms with Crippen LogP contribution >= 0.6 is 23.2 Å². The second-order valence-electron chi connectivity index (χ2n) is 6.78. The van der Waals surface area contributed by atoms with Gasteiger partial charge in [-0.1, -0.05) is 29.3 Å². The first-order valence-electron chi connectivity index (χ1n) is 9.39. The molecule has 9 heteroatoms. The summed E-state index contributed by atoms with van der Waals surface area (Å²) < 4.78 is 6.39. The molecule has 1 aliphatic heterocycles. The molecular weight excluding hydrogens is 417 g/mol. The maximum Gasteiger partial charge on any atom is 0.409 e. The molecule has 1 saturated heterocycles. The van der Waals surface area contributed by atoms with Gasteiger partial charge >= 0.3 is 6.09 Å². The molecule has 2 heterocycles. The molecule has 0 unspecified atom stereocenters. The van der Waals surface area contributed by atoms with Crippen LogP contribution in [0.25, 0.3) is 0 Å². The summed E-state index contributed by atoms with van der Waals surface area (Å²) in [5.41, 5.74) is 0.671. The highest BCUT2D eigenvalue weighted by Crippen LogP contribution is 2.25. The van der Waals surface area contributed by atoms with Crippen molar-refractivity contribution in [2.24, 2.45) is 0 Å². The summed E-state index contributed by atoms with van der Waals surface area (Å²) in [5.74, 6) is -0.288. The van der Waals surface area contributed by atoms with Gasteiger partial charge in [-0.15, -0.1) is 0 Å². The average molecular weight is 440 g/mol. The second kappa shape index (κ2) is 9.52. The van der Waals surface area contributed by atoms with Crippen molar-refractivity contribution in [3.8, 4) is 5.75 Å². The minimum atomic E-state index is -0.497. The Morgan fingerprint density at radius 1 is 1.10 bits per heavy atom. The van der Waals surface area contributed by atoms with Gasteiger partial charge in [0, 0.05) is 60.1 Å². The molecule has 1 amide bonds. The van der Waals surface area contributed by atoms with Gasteiger partial charge in [0.25, 0.3) is 5.56 Å². The molecule has 1 N–H and O–H groups in total. The van der Waals surface area contributed by atoms with E-state index in [4.69, 9.17) is 27.9 Å². The maximum atomic E-state index is 12.6. The van der Waals surface area contributed by atoms with Gasteiger partial charge in [0.05, 0.1) is 13.2 Å². The van der Waals surface area contributed by atoms with Crippen LogP contribution < -0.4 is 5.56 Å². The zero-order valence-corrected chi connectivity index (χ0v) is 17.6. The molecule has 0 spiro atoms. The first kappa shape index (κ1) is 21.5. The normalized spacial score (nSPS) is 14.8. The van der Waals surface area contributed by atoms with Crippen molar-refractivity contribution in [3.63, 3.8) is 0 Å². The van der Waals surface area contributed by atoms with Crippen molar-refractivity contribution in [2.75, 3.05) is 32.8 Å². The average Bonchev–Trinajstić information content (AvgIpc) is 2.70. The monoisotopic (exact) mass is 439 g/mol. The first-order chi connectivity index (χ1) is 13.9. The van der Waals surface area contributed by atoms with E-state index in [1.54, 1.807) is 42.3 Å². The first-order valence-corrected chi connectivity index (χ1v) is 10.1. The highest BCUT2D eigenvalue weighted by molar-refractivity contribution is 6.35. The molecule has 1 aromatic heterocycles. The summed E-state index contributed by atoms with van der Waals surface area (Å²) in [6.07, 6.45) is 1.32. The van der Waals surface area contributed by atoms with Crippen LogP contribution in [0.5, 0.6) is 5.75 Å². The number of benzene rings is 1. The van der Waals surface area contributed by atoms with Crippen LogP contribution in [0, 0.1) is 0 Å². The summed E-state index contributed by atoms with van der Waals surface area (Å²) in [6.45, 7) is 5.08. The van der Waals surface area contributed by atoms with E-state index in [1.165, 1.54) is 4.57 Å². The van der Waals surface area contributed by atoms with Gasteiger partial charge < -0.3 is 19.3 Å². The molecule has 29 heavy (non-hydrogen) atoms. The number of amides is 1. The number of carbonyl (C=O) groups excluding carboxylic acids is 1. The zero-order valence-electron chi connectivity index (χ0n) is 16.1. The lowest BCUT2D eigenvalue weighted by Crippen LogP contribution is -2.48. The van der Waals surface area contributed by atoms with Gasteiger partial charge in [0.2, 0.25) is 0 Å². The molecule has 0 saturated carbocycles. The van der Waals surface area contributed by atoms with Crippen molar-refractivity contribution >= 4 is 29.3 Å². The van der Waals surface area contributed by atoms with Gasteiger partial charge in [-0.3, -0.25) is 9.69 Å². The summed E-state index contributed by atoms with van der Waals surface area (Å²) in [5, 5.41) is 11.4. The van der Waals surface area contributed by atoms with E-state index in [0.29, 0.717) is 60.5 Å². The number of pyridine rings is 1. The SMILES string of the molecule is CCOC(=O)N1CCN(Cc2ccn(Cc3c(Cl)cccc3Cl)c(=O)c2O)CC1. The molecule has 0 radical (unpaired) electrons. The minimum Gasteiger partial charge on any atom is -0.503 e. The van der Waals surface area contributed by atoms with Crippen LogP contribution in [-0.2, 0) is 17.8 Å². The topological polar surface area (TPSA) is 75.0 Å². The lowest BCUT2D eigenvalue weighted by atomic mass is 10.2. The Bertz CT molecular complexity index is 920. The Morgan fingerprint density at radius 3 is 2.38 bits per heavy atom. The lowest BCUT2D eigenvalue weighted by molar-refractivity contribution is 0.0776. The van der Waals surface area contributed by atoms with Crippen molar-refractivity contribution in [1.82, 2.24) is 14.4 Å². The Morgan fingerprint density at radius 2 is 1.76 bits per heavy atom. The molecule has 1 aliphatic rings. The lowest BCUT2D eigenvalue weighted by Gasteiger charge is -2.34. The van der Waals surface area contributed by atoms with E-state index in [-0.39, 0.29) is 18.4 Å². The van der Waals surface area contributed by atoms with Crippen LogP contribution in [0.2, 0.25) is 10.0 Å². The molecule has 3 rings (SSSR count). The number of aromatic nitrogens is 1. The Balaban J connectivity index is 1.68. The highest BCUT2D eigenvalue weighted by atomic mass is 35.5. The largest absolute Gasteiger partial charge is 0.503 e. The van der Waals surface area contributed by atoms with E-state index in [9.17, 15) is 14.7 Å². The minimum absolute atomic E-state index is 0.170. The third-order valence-corrected chi connectivity index (χ3v) is 5.61. The van der Waals surface area contributed by atoms with Crippen molar-refractivity contribution in [1.29, 1.82) is 0 Å². The maximum absolute atomic E-state index is 12.6. The third-order valence-electron chi connectivity index (χ3n) is 4.91. The fraction of sp³-hybridized carbons (Fsp3) is 0.400. The predicted molar refractivity (Wildman–Crippen MR) is 112 cm³/mol. The zero-order chi connectivity index (χ0) is 21.0. The van der Waals surface area contributed by atoms with Crippen LogP contribution in [0.3, 0.4) is 0 Å². The smallest absolute Gasteiger partial charge is 0.409 e. The molecule has 0 aliphatic carbocycles. The van der Waals surface area contributed by atoms with E-state index in [2.05, 4.69) is 4.90 Å². The fourth-order valence-electron chi connectivity index (χ4n) is 3.25. The standard InChI is InChI=1S/C20H23Cl2N3O4/c1-2-29-20(28)24-10-8-23(9-11-24)12-14-6-7-25(19(27)18(14)26)13-15-16(21)4-3-5-17(15)22/h3-7,26H,2,8-13H2,1H3. The van der Waals surface area contributed by atoms with E-state index < -0.39 is 5.56 Å². The van der Waals surface area contributed by atoms with Crippen molar-refractivity contribution in [3.05, 3.63) is 62.0 Å². The van der Waals surface area contributed by atoms with Gasteiger partial charge in [0.1, 0.15) is 0 Å². The van der Waals surface area contributed by atoms with Crippen LogP contribution in [0.4, 0.5) is 4.79 Å². The van der Waals surface area contributed by atoms with Gasteiger partial charge in [-0.05, 0) is 25.1 Å². The number of halogens is 2. The number of nitrogens with zero attached hydrogens (tertiary/aromatic N) is 3. The van der Waals surface area contributed by atoms with Gasteiger partial charge in [-0.25, -0.2) is 4.79 Å². The van der Waals surface area contributed by atoms with E-state index in [1.807, 2.05) is 0 Å². The Labute approximate surface area is 179 Å². The number of hydrogen-bond donors (Lipinski definition) is 1. The number of piperazine rings is 1.